The number of para-hydroxylation sites is 1. The lowest BCUT2D eigenvalue weighted by atomic mass is 9.96. The molecule has 4 heteroatoms. The van der Waals surface area contributed by atoms with Gasteiger partial charge in [-0.25, -0.2) is 0 Å². The maximum Gasteiger partial charge on any atom is 0.307 e. The fourth-order valence-electron chi connectivity index (χ4n) is 1.83. The molecule has 4 nitrogen and oxygen atoms in total. The first-order valence-corrected chi connectivity index (χ1v) is 6.70. The molecular weight excluding hydrogens is 254 g/mol. The minimum absolute atomic E-state index is 0.0257. The number of ether oxygens (including phenoxy) is 2. The molecule has 0 aliphatic carbocycles. The molecule has 0 spiro atoms. The number of benzene rings is 1. The zero-order valence-electron chi connectivity index (χ0n) is 12.5. The van der Waals surface area contributed by atoms with E-state index in [0.717, 1.165) is 5.56 Å². The first-order chi connectivity index (χ1) is 9.37. The Morgan fingerprint density at radius 3 is 2.55 bits per heavy atom. The Morgan fingerprint density at radius 1 is 1.35 bits per heavy atom. The highest BCUT2D eigenvalue weighted by Crippen LogP contribution is 2.29. The fourth-order valence-corrected chi connectivity index (χ4v) is 1.83. The number of rotatable bonds is 5. The summed E-state index contributed by atoms with van der Waals surface area (Å²) >= 11 is 0. The van der Waals surface area contributed by atoms with Crippen LogP contribution >= 0.6 is 0 Å². The van der Waals surface area contributed by atoms with Gasteiger partial charge in [0.2, 0.25) is 0 Å². The summed E-state index contributed by atoms with van der Waals surface area (Å²) in [6.07, 6.45) is 0.0257. The molecule has 0 aliphatic rings. The molecule has 20 heavy (non-hydrogen) atoms. The van der Waals surface area contributed by atoms with Gasteiger partial charge in [0.1, 0.15) is 11.4 Å². The summed E-state index contributed by atoms with van der Waals surface area (Å²) in [7, 11) is 0. The summed E-state index contributed by atoms with van der Waals surface area (Å²) in [5.41, 5.74) is 0.180. The quantitative estimate of drug-likeness (QED) is 0.772. The van der Waals surface area contributed by atoms with Crippen molar-refractivity contribution in [2.24, 2.45) is 0 Å². The van der Waals surface area contributed by atoms with Crippen LogP contribution in [0.4, 0.5) is 0 Å². The zero-order chi connectivity index (χ0) is 15.2. The highest BCUT2D eigenvalue weighted by Gasteiger charge is 2.23. The molecule has 1 rings (SSSR count). The normalized spacial score (nSPS) is 12.3. The molecule has 0 heterocycles. The summed E-state index contributed by atoms with van der Waals surface area (Å²) in [5, 5.41) is 9.31. The second-order valence-electron chi connectivity index (χ2n) is 5.44. The Bertz CT molecular complexity index is 497. The molecule has 0 saturated carbocycles. The van der Waals surface area contributed by atoms with E-state index < -0.39 is 11.5 Å². The number of nitriles is 1. The highest BCUT2D eigenvalue weighted by molar-refractivity contribution is 5.72. The lowest BCUT2D eigenvalue weighted by Gasteiger charge is -2.21. The van der Waals surface area contributed by atoms with Crippen LogP contribution in [0.15, 0.2) is 24.3 Å². The molecule has 1 unspecified atom stereocenters. The SMILES string of the molecule is CCOc1ccccc1C(C#N)CC(=O)OC(C)(C)C. The van der Waals surface area contributed by atoms with E-state index in [9.17, 15) is 10.1 Å². The van der Waals surface area contributed by atoms with Crippen LogP contribution in [0.5, 0.6) is 5.75 Å². The van der Waals surface area contributed by atoms with Crippen LogP contribution in [0, 0.1) is 11.3 Å². The Hall–Kier alpha value is -2.02. The molecule has 0 radical (unpaired) electrons. The molecule has 1 aromatic rings. The van der Waals surface area contributed by atoms with Gasteiger partial charge in [0, 0.05) is 5.56 Å². The van der Waals surface area contributed by atoms with Crippen molar-refractivity contribution in [1.82, 2.24) is 0 Å². The van der Waals surface area contributed by atoms with E-state index in [1.165, 1.54) is 0 Å². The standard InChI is InChI=1S/C16H21NO3/c1-5-19-14-9-7-6-8-13(14)12(11-17)10-15(18)20-16(2,3)4/h6-9,12H,5,10H2,1-4H3. The summed E-state index contributed by atoms with van der Waals surface area (Å²) < 4.78 is 10.8. The van der Waals surface area contributed by atoms with Gasteiger partial charge < -0.3 is 9.47 Å². The second-order valence-corrected chi connectivity index (χ2v) is 5.44. The summed E-state index contributed by atoms with van der Waals surface area (Å²) in [4.78, 5) is 11.9. The van der Waals surface area contributed by atoms with E-state index in [4.69, 9.17) is 9.47 Å². The average molecular weight is 275 g/mol. The first-order valence-electron chi connectivity index (χ1n) is 6.70. The molecule has 0 bridgehead atoms. The Kier molecular flexibility index (Phi) is 5.57. The number of hydrogen-bond donors (Lipinski definition) is 0. The van der Waals surface area contributed by atoms with Crippen LogP contribution in [0.1, 0.15) is 45.6 Å². The Balaban J connectivity index is 2.87. The van der Waals surface area contributed by atoms with E-state index in [1.54, 1.807) is 26.8 Å². The zero-order valence-corrected chi connectivity index (χ0v) is 12.5. The van der Waals surface area contributed by atoms with Crippen LogP contribution < -0.4 is 4.74 Å². The lowest BCUT2D eigenvalue weighted by molar-refractivity contribution is -0.155. The van der Waals surface area contributed by atoms with Gasteiger partial charge in [-0.1, -0.05) is 18.2 Å². The van der Waals surface area contributed by atoms with E-state index in [-0.39, 0.29) is 12.4 Å². The smallest absolute Gasteiger partial charge is 0.307 e. The largest absolute Gasteiger partial charge is 0.494 e. The average Bonchev–Trinajstić information content (AvgIpc) is 2.35. The van der Waals surface area contributed by atoms with Crippen molar-refractivity contribution in [1.29, 1.82) is 5.26 Å². The van der Waals surface area contributed by atoms with Crippen LogP contribution in [0.3, 0.4) is 0 Å². The molecule has 0 aromatic heterocycles. The number of hydrogen-bond acceptors (Lipinski definition) is 4. The monoisotopic (exact) mass is 275 g/mol. The van der Waals surface area contributed by atoms with Crippen LogP contribution in [0.2, 0.25) is 0 Å². The Morgan fingerprint density at radius 2 is 2.00 bits per heavy atom. The van der Waals surface area contributed by atoms with Crippen molar-refractivity contribution >= 4 is 5.97 Å². The topological polar surface area (TPSA) is 59.3 Å². The Labute approximate surface area is 120 Å². The van der Waals surface area contributed by atoms with Gasteiger partial charge in [0.25, 0.3) is 0 Å². The molecule has 108 valence electrons. The van der Waals surface area contributed by atoms with Crippen LogP contribution in [-0.2, 0) is 9.53 Å². The first kappa shape index (κ1) is 16.0. The summed E-state index contributed by atoms with van der Waals surface area (Å²) in [6.45, 7) is 7.81. The number of nitrogens with zero attached hydrogens (tertiary/aromatic N) is 1. The van der Waals surface area contributed by atoms with Gasteiger partial charge in [-0.2, -0.15) is 5.26 Å². The van der Waals surface area contributed by atoms with Crippen molar-refractivity contribution in [3.8, 4) is 11.8 Å². The second kappa shape index (κ2) is 6.95. The molecule has 1 atom stereocenters. The number of esters is 1. The third-order valence-electron chi connectivity index (χ3n) is 2.54. The van der Waals surface area contributed by atoms with E-state index in [2.05, 4.69) is 6.07 Å². The van der Waals surface area contributed by atoms with E-state index in [1.807, 2.05) is 25.1 Å². The molecular formula is C16H21NO3. The fraction of sp³-hybridized carbons (Fsp3) is 0.500. The van der Waals surface area contributed by atoms with Gasteiger partial charge in [-0.15, -0.1) is 0 Å². The molecule has 0 amide bonds. The predicted molar refractivity (Wildman–Crippen MR) is 76.4 cm³/mol. The maximum absolute atomic E-state index is 11.9. The van der Waals surface area contributed by atoms with Crippen molar-refractivity contribution in [3.63, 3.8) is 0 Å². The maximum atomic E-state index is 11.9. The molecule has 0 N–H and O–H groups in total. The van der Waals surface area contributed by atoms with Crippen molar-refractivity contribution in [2.75, 3.05) is 6.61 Å². The van der Waals surface area contributed by atoms with Crippen LogP contribution in [-0.4, -0.2) is 18.2 Å². The highest BCUT2D eigenvalue weighted by atomic mass is 16.6. The predicted octanol–water partition coefficient (Wildman–Crippen LogP) is 3.42. The summed E-state index contributed by atoms with van der Waals surface area (Å²) in [5.74, 6) is -0.298. The third-order valence-corrected chi connectivity index (χ3v) is 2.54. The van der Waals surface area contributed by atoms with Gasteiger partial charge in [-0.3, -0.25) is 4.79 Å². The van der Waals surface area contributed by atoms with Gasteiger partial charge >= 0.3 is 5.97 Å². The van der Waals surface area contributed by atoms with E-state index in [0.29, 0.717) is 12.4 Å². The van der Waals surface area contributed by atoms with E-state index >= 15 is 0 Å². The molecule has 1 aromatic carbocycles. The molecule has 0 saturated heterocycles. The minimum atomic E-state index is -0.562. The van der Waals surface area contributed by atoms with Crippen molar-refractivity contribution < 1.29 is 14.3 Å². The van der Waals surface area contributed by atoms with Crippen molar-refractivity contribution in [2.45, 2.75) is 45.6 Å². The third kappa shape index (κ3) is 4.93. The van der Waals surface area contributed by atoms with Gasteiger partial charge in [-0.05, 0) is 33.8 Å². The van der Waals surface area contributed by atoms with Crippen LogP contribution in [0.25, 0.3) is 0 Å². The lowest BCUT2D eigenvalue weighted by Crippen LogP contribution is -2.24. The number of carbonyl (C=O) groups excluding carboxylic acids is 1. The summed E-state index contributed by atoms with van der Waals surface area (Å²) in [6, 6.07) is 9.44. The van der Waals surface area contributed by atoms with Gasteiger partial charge in [0.15, 0.2) is 0 Å². The minimum Gasteiger partial charge on any atom is -0.494 e. The number of carbonyl (C=O) groups is 1. The van der Waals surface area contributed by atoms with Crippen molar-refractivity contribution in [3.05, 3.63) is 29.8 Å². The molecule has 0 fully saturated rings. The molecule has 0 aliphatic heterocycles. The van der Waals surface area contributed by atoms with Gasteiger partial charge in [0.05, 0.1) is 25.0 Å².